The van der Waals surface area contributed by atoms with Crippen LogP contribution in [-0.2, 0) is 0 Å². The van der Waals surface area contributed by atoms with Gasteiger partial charge in [0, 0.05) is 48.9 Å². The van der Waals surface area contributed by atoms with Crippen molar-refractivity contribution in [2.45, 2.75) is 49.7 Å². The van der Waals surface area contributed by atoms with Gasteiger partial charge in [0.05, 0.1) is 23.6 Å². The molecule has 1 aromatic carbocycles. The largest absolute Gasteiger partial charge is 0.507 e. The number of phenols is 1. The van der Waals surface area contributed by atoms with E-state index < -0.39 is 11.5 Å². The maximum atomic E-state index is 14.4. The number of nitrogens with one attached hydrogen (secondary N) is 1. The van der Waals surface area contributed by atoms with Crippen LogP contribution in [0.2, 0.25) is 0 Å². The average molecular weight is 411 g/mol. The minimum atomic E-state index is -2.70. The molecule has 30 heavy (non-hydrogen) atoms. The van der Waals surface area contributed by atoms with Gasteiger partial charge in [0.25, 0.3) is 5.92 Å². The highest BCUT2D eigenvalue weighted by molar-refractivity contribution is 5.89. The zero-order valence-electron chi connectivity index (χ0n) is 16.8. The number of hydrogen-bond acceptors (Lipinski definition) is 6. The number of nitrogens with zero attached hydrogens (tertiary/aromatic N) is 4. The molecule has 8 heteroatoms. The monoisotopic (exact) mass is 411 g/mol. The summed E-state index contributed by atoms with van der Waals surface area (Å²) in [5.74, 6) is -1.97. The maximum absolute atomic E-state index is 14.4. The lowest BCUT2D eigenvalue weighted by atomic mass is 9.86. The van der Waals surface area contributed by atoms with Gasteiger partial charge in [-0.1, -0.05) is 0 Å². The molecule has 2 aliphatic heterocycles. The van der Waals surface area contributed by atoms with E-state index in [4.69, 9.17) is 0 Å². The summed E-state index contributed by atoms with van der Waals surface area (Å²) in [7, 11) is 1.88. The van der Waals surface area contributed by atoms with E-state index in [1.807, 2.05) is 24.1 Å². The average Bonchev–Trinajstić information content (AvgIpc) is 2.88. The first kappa shape index (κ1) is 19.1. The first-order chi connectivity index (χ1) is 14.3. The highest BCUT2D eigenvalue weighted by Gasteiger charge is 2.61. The molecule has 0 spiro atoms. The number of hydrogen-bond donors (Lipinski definition) is 2. The van der Waals surface area contributed by atoms with Crippen molar-refractivity contribution in [2.75, 3.05) is 11.9 Å². The molecular formula is C22H23F2N5O. The minimum Gasteiger partial charge on any atom is -0.507 e. The van der Waals surface area contributed by atoms with Gasteiger partial charge in [0.2, 0.25) is 0 Å². The second-order valence-corrected chi connectivity index (χ2v) is 8.64. The maximum Gasteiger partial charge on any atom is 0.267 e. The second-order valence-electron chi connectivity index (χ2n) is 8.64. The topological polar surface area (TPSA) is 74.2 Å². The molecule has 5 rings (SSSR count). The van der Waals surface area contributed by atoms with Crippen molar-refractivity contribution < 1.29 is 13.9 Å². The Bertz CT molecular complexity index is 1100. The fraction of sp³-hybridized carbons (Fsp3) is 0.409. The lowest BCUT2D eigenvalue weighted by molar-refractivity contribution is -0.0569. The van der Waals surface area contributed by atoms with Crippen LogP contribution < -0.4 is 10.2 Å². The fourth-order valence-corrected chi connectivity index (χ4v) is 4.83. The standard InChI is InChI=1S/C22H23F2N5O/c1-21-9-16(7-15(28-21)8-22(21,23)24)29(2)20-12-26-18(11-27-20)17-5-13-3-4-25-10-14(13)6-19(17)30/h3-6,10-12,15-16,28,30H,7-9H2,1-2H3/t15-,16+,21+/m0/s1. The van der Waals surface area contributed by atoms with E-state index >= 15 is 0 Å². The lowest BCUT2D eigenvalue weighted by Crippen LogP contribution is -2.58. The summed E-state index contributed by atoms with van der Waals surface area (Å²) in [4.78, 5) is 15.0. The number of phenolic OH excluding ortho intramolecular Hbond substituents is 1. The van der Waals surface area contributed by atoms with Gasteiger partial charge in [-0.05, 0) is 43.4 Å². The molecule has 0 unspecified atom stereocenters. The van der Waals surface area contributed by atoms with Crippen molar-refractivity contribution in [1.29, 1.82) is 0 Å². The van der Waals surface area contributed by atoms with Gasteiger partial charge in [0.1, 0.15) is 11.6 Å². The van der Waals surface area contributed by atoms with Crippen LogP contribution in [0.1, 0.15) is 26.2 Å². The van der Waals surface area contributed by atoms with Crippen LogP contribution in [0.25, 0.3) is 22.0 Å². The Morgan fingerprint density at radius 3 is 2.70 bits per heavy atom. The van der Waals surface area contributed by atoms with Crippen molar-refractivity contribution in [1.82, 2.24) is 20.3 Å². The quantitative estimate of drug-likeness (QED) is 0.684. The molecule has 3 aromatic rings. The number of aromatic hydroxyl groups is 1. The third-order valence-corrected chi connectivity index (χ3v) is 6.61. The molecule has 2 N–H and O–H groups in total. The number of fused-ring (bicyclic) bond motifs is 3. The summed E-state index contributed by atoms with van der Waals surface area (Å²) in [6.07, 6.45) is 7.51. The number of anilines is 1. The summed E-state index contributed by atoms with van der Waals surface area (Å²) >= 11 is 0. The Morgan fingerprint density at radius 1 is 1.13 bits per heavy atom. The Kier molecular flexibility index (Phi) is 4.18. The summed E-state index contributed by atoms with van der Waals surface area (Å²) in [5, 5.41) is 15.3. The van der Waals surface area contributed by atoms with Gasteiger partial charge in [-0.15, -0.1) is 0 Å². The number of alkyl halides is 2. The van der Waals surface area contributed by atoms with Crippen molar-refractivity contribution in [3.63, 3.8) is 0 Å². The van der Waals surface area contributed by atoms with E-state index in [1.165, 1.54) is 0 Å². The number of rotatable bonds is 3. The SMILES string of the molecule is CN(c1cnc(-c2cc3ccncc3cc2O)cn1)[C@@H]1C[C@H]2CC(F)(F)[C@@](C)(C1)N2. The van der Waals surface area contributed by atoms with Crippen molar-refractivity contribution in [2.24, 2.45) is 0 Å². The molecule has 4 heterocycles. The predicted octanol–water partition coefficient (Wildman–Crippen LogP) is 3.75. The molecule has 0 amide bonds. The normalized spacial score (nSPS) is 27.3. The second kappa shape index (κ2) is 6.57. The van der Waals surface area contributed by atoms with E-state index in [9.17, 15) is 13.9 Å². The van der Waals surface area contributed by atoms with Crippen LogP contribution in [0.3, 0.4) is 0 Å². The Morgan fingerprint density at radius 2 is 1.97 bits per heavy atom. The molecule has 2 bridgehead atoms. The highest BCUT2D eigenvalue weighted by atomic mass is 19.3. The molecule has 2 fully saturated rings. The predicted molar refractivity (Wildman–Crippen MR) is 111 cm³/mol. The van der Waals surface area contributed by atoms with E-state index in [1.54, 1.807) is 37.8 Å². The summed E-state index contributed by atoms with van der Waals surface area (Å²) in [5.41, 5.74) is -0.0526. The van der Waals surface area contributed by atoms with E-state index in [0.29, 0.717) is 29.9 Å². The first-order valence-electron chi connectivity index (χ1n) is 10.0. The molecule has 2 saturated heterocycles. The van der Waals surface area contributed by atoms with Gasteiger partial charge in [-0.3, -0.25) is 9.97 Å². The smallest absolute Gasteiger partial charge is 0.267 e. The van der Waals surface area contributed by atoms with E-state index in [0.717, 1.165) is 10.8 Å². The number of halogens is 2. The first-order valence-corrected chi connectivity index (χ1v) is 10.0. The Hall–Kier alpha value is -2.87. The third kappa shape index (κ3) is 2.98. The molecule has 0 saturated carbocycles. The zero-order valence-corrected chi connectivity index (χ0v) is 16.8. The number of piperidine rings is 1. The van der Waals surface area contributed by atoms with Crippen LogP contribution in [0, 0.1) is 0 Å². The molecule has 2 aromatic heterocycles. The van der Waals surface area contributed by atoms with Crippen LogP contribution >= 0.6 is 0 Å². The van der Waals surface area contributed by atoms with Gasteiger partial charge >= 0.3 is 0 Å². The van der Waals surface area contributed by atoms with Crippen LogP contribution in [-0.4, -0.2) is 50.7 Å². The molecule has 0 radical (unpaired) electrons. The Balaban J connectivity index is 1.40. The van der Waals surface area contributed by atoms with Gasteiger partial charge < -0.3 is 15.3 Å². The molecule has 156 valence electrons. The van der Waals surface area contributed by atoms with E-state index in [-0.39, 0.29) is 24.3 Å². The fourth-order valence-electron chi connectivity index (χ4n) is 4.83. The van der Waals surface area contributed by atoms with Gasteiger partial charge in [0.15, 0.2) is 0 Å². The summed E-state index contributed by atoms with van der Waals surface area (Å²) < 4.78 is 28.8. The zero-order chi connectivity index (χ0) is 21.1. The van der Waals surface area contributed by atoms with Gasteiger partial charge in [-0.25, -0.2) is 13.8 Å². The van der Waals surface area contributed by atoms with Gasteiger partial charge in [-0.2, -0.15) is 0 Å². The molecular weight excluding hydrogens is 388 g/mol. The van der Waals surface area contributed by atoms with Crippen molar-refractivity contribution >= 4 is 16.6 Å². The Labute approximate surface area is 173 Å². The molecule has 0 aliphatic carbocycles. The number of pyridine rings is 1. The van der Waals surface area contributed by atoms with E-state index in [2.05, 4.69) is 20.3 Å². The minimum absolute atomic E-state index is 0.0450. The highest BCUT2D eigenvalue weighted by Crippen LogP contribution is 2.47. The molecule has 2 aliphatic rings. The van der Waals surface area contributed by atoms with Crippen LogP contribution in [0.4, 0.5) is 14.6 Å². The van der Waals surface area contributed by atoms with Crippen molar-refractivity contribution in [3.05, 3.63) is 43.0 Å². The van der Waals surface area contributed by atoms with Crippen LogP contribution in [0.15, 0.2) is 43.0 Å². The lowest BCUT2D eigenvalue weighted by Gasteiger charge is -2.42. The number of aromatic nitrogens is 3. The molecule has 3 atom stereocenters. The number of benzene rings is 1. The van der Waals surface area contributed by atoms with Crippen molar-refractivity contribution in [3.8, 4) is 17.0 Å². The summed E-state index contributed by atoms with van der Waals surface area (Å²) in [6.45, 7) is 1.61. The van der Waals surface area contributed by atoms with Crippen LogP contribution in [0.5, 0.6) is 5.75 Å². The summed E-state index contributed by atoms with van der Waals surface area (Å²) in [6, 6.07) is 5.15. The molecule has 6 nitrogen and oxygen atoms in total. The third-order valence-electron chi connectivity index (χ3n) is 6.61.